The van der Waals surface area contributed by atoms with Gasteiger partial charge in [-0.3, -0.25) is 9.59 Å². The predicted octanol–water partition coefficient (Wildman–Crippen LogP) is 2.41. The van der Waals surface area contributed by atoms with Crippen LogP contribution in [0.4, 0.5) is 5.69 Å². The lowest BCUT2D eigenvalue weighted by atomic mass is 10.1. The standard InChI is InChI=1S/C21H22N2O6/c1-3-19(24)23-16-7-14(6-15(10-16)21(26)27-2)11-22-20(25)9-13-4-5-17-18(8-13)29-12-28-17/h4-8,10H,3,9,11-12H2,1-2H3,(H,22,25)(H,23,24). The number of hydrogen-bond donors (Lipinski definition) is 2. The number of methoxy groups -OCH3 is 1. The van der Waals surface area contributed by atoms with Crippen LogP contribution in [0.25, 0.3) is 0 Å². The van der Waals surface area contributed by atoms with Crippen LogP contribution in [0.5, 0.6) is 11.5 Å². The van der Waals surface area contributed by atoms with Crippen molar-refractivity contribution in [2.75, 3.05) is 19.2 Å². The molecule has 0 saturated heterocycles. The molecule has 0 aliphatic carbocycles. The van der Waals surface area contributed by atoms with Gasteiger partial charge in [0.05, 0.1) is 19.1 Å². The van der Waals surface area contributed by atoms with Crippen LogP contribution >= 0.6 is 0 Å². The third-order valence-electron chi connectivity index (χ3n) is 4.31. The van der Waals surface area contributed by atoms with Crippen LogP contribution in [0.2, 0.25) is 0 Å². The zero-order valence-corrected chi connectivity index (χ0v) is 16.2. The van der Waals surface area contributed by atoms with Crippen LogP contribution < -0.4 is 20.1 Å². The summed E-state index contributed by atoms with van der Waals surface area (Å²) in [5.74, 6) is 0.398. The second-order valence-electron chi connectivity index (χ2n) is 6.45. The molecule has 8 heteroatoms. The van der Waals surface area contributed by atoms with Crippen LogP contribution in [0.15, 0.2) is 36.4 Å². The van der Waals surface area contributed by atoms with E-state index in [2.05, 4.69) is 10.6 Å². The maximum Gasteiger partial charge on any atom is 0.337 e. The highest BCUT2D eigenvalue weighted by Gasteiger charge is 2.15. The first-order valence-corrected chi connectivity index (χ1v) is 9.16. The topological polar surface area (TPSA) is 103 Å². The molecule has 0 radical (unpaired) electrons. The summed E-state index contributed by atoms with van der Waals surface area (Å²) < 4.78 is 15.3. The van der Waals surface area contributed by atoms with E-state index >= 15 is 0 Å². The van der Waals surface area contributed by atoms with Crippen molar-refractivity contribution in [3.8, 4) is 11.5 Å². The van der Waals surface area contributed by atoms with Gasteiger partial charge in [0.15, 0.2) is 11.5 Å². The normalized spacial score (nSPS) is 11.7. The molecular weight excluding hydrogens is 376 g/mol. The first kappa shape index (κ1) is 20.2. The van der Waals surface area contributed by atoms with E-state index in [0.717, 1.165) is 5.56 Å². The zero-order chi connectivity index (χ0) is 20.8. The number of rotatable bonds is 7. The lowest BCUT2D eigenvalue weighted by molar-refractivity contribution is -0.120. The average molecular weight is 398 g/mol. The molecule has 2 aromatic rings. The number of carbonyl (C=O) groups is 3. The van der Waals surface area contributed by atoms with Gasteiger partial charge in [-0.1, -0.05) is 13.0 Å². The van der Waals surface area contributed by atoms with Crippen LogP contribution in [0.3, 0.4) is 0 Å². The van der Waals surface area contributed by atoms with Crippen molar-refractivity contribution in [2.24, 2.45) is 0 Å². The minimum atomic E-state index is -0.523. The van der Waals surface area contributed by atoms with E-state index in [9.17, 15) is 14.4 Å². The molecule has 0 fully saturated rings. The van der Waals surface area contributed by atoms with Crippen molar-refractivity contribution >= 4 is 23.5 Å². The van der Waals surface area contributed by atoms with E-state index in [1.165, 1.54) is 13.2 Å². The van der Waals surface area contributed by atoms with Crippen molar-refractivity contribution < 1.29 is 28.6 Å². The second-order valence-corrected chi connectivity index (χ2v) is 6.45. The summed E-state index contributed by atoms with van der Waals surface area (Å²) in [5, 5.41) is 5.54. The highest BCUT2D eigenvalue weighted by Crippen LogP contribution is 2.32. The number of fused-ring (bicyclic) bond motifs is 1. The Balaban J connectivity index is 1.66. The largest absolute Gasteiger partial charge is 0.465 e. The summed E-state index contributed by atoms with van der Waals surface area (Å²) in [6, 6.07) is 10.2. The summed E-state index contributed by atoms with van der Waals surface area (Å²) in [4.78, 5) is 35.9. The fraction of sp³-hybridized carbons (Fsp3) is 0.286. The Bertz CT molecular complexity index is 941. The molecule has 2 N–H and O–H groups in total. The molecule has 8 nitrogen and oxygen atoms in total. The molecule has 2 amide bonds. The average Bonchev–Trinajstić information content (AvgIpc) is 3.19. The van der Waals surface area contributed by atoms with Gasteiger partial charge < -0.3 is 24.8 Å². The fourth-order valence-corrected chi connectivity index (χ4v) is 2.85. The minimum Gasteiger partial charge on any atom is -0.465 e. The van der Waals surface area contributed by atoms with Gasteiger partial charge in [-0.25, -0.2) is 4.79 Å². The Morgan fingerprint density at radius 2 is 1.79 bits per heavy atom. The summed E-state index contributed by atoms with van der Waals surface area (Å²) in [5.41, 5.74) is 2.23. The molecule has 0 unspecified atom stereocenters. The first-order valence-electron chi connectivity index (χ1n) is 9.16. The van der Waals surface area contributed by atoms with Gasteiger partial charge in [0, 0.05) is 18.7 Å². The molecule has 2 aromatic carbocycles. The number of ether oxygens (including phenoxy) is 3. The number of esters is 1. The number of nitrogens with one attached hydrogen (secondary N) is 2. The second kappa shape index (κ2) is 9.09. The zero-order valence-electron chi connectivity index (χ0n) is 16.2. The SMILES string of the molecule is CCC(=O)Nc1cc(CNC(=O)Cc2ccc3c(c2)OCO3)cc(C(=O)OC)c1. The van der Waals surface area contributed by atoms with Gasteiger partial charge in [-0.2, -0.15) is 0 Å². The lowest BCUT2D eigenvalue weighted by Crippen LogP contribution is -2.24. The summed E-state index contributed by atoms with van der Waals surface area (Å²) in [6.45, 7) is 2.11. The van der Waals surface area contributed by atoms with Gasteiger partial charge >= 0.3 is 5.97 Å². The van der Waals surface area contributed by atoms with Gasteiger partial charge in [-0.05, 0) is 41.5 Å². The van der Waals surface area contributed by atoms with E-state index in [1.54, 1.807) is 31.2 Å². The Morgan fingerprint density at radius 3 is 2.55 bits per heavy atom. The van der Waals surface area contributed by atoms with Crippen LogP contribution in [-0.2, 0) is 27.3 Å². The molecule has 0 atom stereocenters. The molecule has 29 heavy (non-hydrogen) atoms. The van der Waals surface area contributed by atoms with Crippen LogP contribution in [-0.4, -0.2) is 31.7 Å². The number of amides is 2. The van der Waals surface area contributed by atoms with E-state index in [-0.39, 0.29) is 31.6 Å². The van der Waals surface area contributed by atoms with Gasteiger partial charge in [-0.15, -0.1) is 0 Å². The molecule has 1 heterocycles. The fourth-order valence-electron chi connectivity index (χ4n) is 2.85. The van der Waals surface area contributed by atoms with E-state index < -0.39 is 5.97 Å². The molecule has 0 spiro atoms. The monoisotopic (exact) mass is 398 g/mol. The van der Waals surface area contributed by atoms with Gasteiger partial charge in [0.2, 0.25) is 18.6 Å². The summed E-state index contributed by atoms with van der Waals surface area (Å²) in [7, 11) is 1.28. The summed E-state index contributed by atoms with van der Waals surface area (Å²) >= 11 is 0. The van der Waals surface area contributed by atoms with Gasteiger partial charge in [0.25, 0.3) is 0 Å². The van der Waals surface area contributed by atoms with Crippen molar-refractivity contribution in [3.05, 3.63) is 53.1 Å². The Kier molecular flexibility index (Phi) is 6.33. The van der Waals surface area contributed by atoms with Crippen molar-refractivity contribution in [2.45, 2.75) is 26.3 Å². The van der Waals surface area contributed by atoms with Gasteiger partial charge in [0.1, 0.15) is 0 Å². The highest BCUT2D eigenvalue weighted by atomic mass is 16.7. The molecular formula is C21H22N2O6. The quantitative estimate of drug-likeness (QED) is 0.695. The first-order chi connectivity index (χ1) is 14.0. The van der Waals surface area contributed by atoms with E-state index in [1.807, 2.05) is 6.07 Å². The third-order valence-corrected chi connectivity index (χ3v) is 4.31. The Hall–Kier alpha value is -3.55. The number of carbonyl (C=O) groups excluding carboxylic acids is 3. The molecule has 1 aliphatic rings. The number of hydrogen-bond acceptors (Lipinski definition) is 6. The van der Waals surface area contributed by atoms with Crippen molar-refractivity contribution in [1.29, 1.82) is 0 Å². The molecule has 152 valence electrons. The molecule has 0 aromatic heterocycles. The Morgan fingerprint density at radius 1 is 1.00 bits per heavy atom. The maximum atomic E-state index is 12.3. The van der Waals surface area contributed by atoms with E-state index in [4.69, 9.17) is 14.2 Å². The predicted molar refractivity (Wildman–Crippen MR) is 105 cm³/mol. The molecule has 0 saturated carbocycles. The number of anilines is 1. The van der Waals surface area contributed by atoms with Crippen LogP contribution in [0.1, 0.15) is 34.8 Å². The minimum absolute atomic E-state index is 0.173. The van der Waals surface area contributed by atoms with Crippen LogP contribution in [0, 0.1) is 0 Å². The smallest absolute Gasteiger partial charge is 0.337 e. The lowest BCUT2D eigenvalue weighted by Gasteiger charge is -2.11. The highest BCUT2D eigenvalue weighted by molar-refractivity contribution is 5.94. The summed E-state index contributed by atoms with van der Waals surface area (Å²) in [6.07, 6.45) is 0.483. The number of benzene rings is 2. The molecule has 0 bridgehead atoms. The maximum absolute atomic E-state index is 12.3. The third kappa shape index (κ3) is 5.25. The Labute approximate surface area is 168 Å². The van der Waals surface area contributed by atoms with E-state index in [0.29, 0.717) is 34.7 Å². The van der Waals surface area contributed by atoms with Crippen molar-refractivity contribution in [1.82, 2.24) is 5.32 Å². The van der Waals surface area contributed by atoms with Crippen molar-refractivity contribution in [3.63, 3.8) is 0 Å². The molecule has 3 rings (SSSR count). The molecule has 1 aliphatic heterocycles.